The molecule has 2 aromatic rings. The molecule has 1 aliphatic rings. The highest BCUT2D eigenvalue weighted by molar-refractivity contribution is 5.90. The molecule has 0 spiro atoms. The number of aliphatic hydroxyl groups is 1. The van der Waals surface area contributed by atoms with E-state index in [9.17, 15) is 14.3 Å². The number of halogens is 1. The molecule has 1 fully saturated rings. The van der Waals surface area contributed by atoms with Crippen LogP contribution in [0.15, 0.2) is 24.5 Å². The number of benzene rings is 1. The Balaban J connectivity index is 1.90. The van der Waals surface area contributed by atoms with Crippen molar-refractivity contribution >= 4 is 5.91 Å². The van der Waals surface area contributed by atoms with Crippen molar-refractivity contribution in [2.45, 2.75) is 25.0 Å². The first-order valence-corrected chi connectivity index (χ1v) is 7.26. The second-order valence-corrected chi connectivity index (χ2v) is 5.56. The molecule has 1 amide bonds. The van der Waals surface area contributed by atoms with Crippen LogP contribution in [0, 0.1) is 11.7 Å². The van der Waals surface area contributed by atoms with Crippen LogP contribution in [0.5, 0.6) is 5.75 Å². The van der Waals surface area contributed by atoms with Gasteiger partial charge in [0.1, 0.15) is 17.9 Å². The van der Waals surface area contributed by atoms with Crippen LogP contribution in [0.25, 0.3) is 0 Å². The van der Waals surface area contributed by atoms with Crippen molar-refractivity contribution in [1.29, 1.82) is 0 Å². The fraction of sp³-hybridized carbons (Fsp3) is 0.400. The number of aliphatic hydroxyl groups excluding tert-OH is 1. The van der Waals surface area contributed by atoms with Gasteiger partial charge in [0, 0.05) is 5.56 Å². The molecule has 1 aromatic carbocycles. The molecule has 0 saturated heterocycles. The van der Waals surface area contributed by atoms with E-state index >= 15 is 0 Å². The molecular weight excluding hydrogens is 303 g/mol. The van der Waals surface area contributed by atoms with E-state index in [0.717, 1.165) is 0 Å². The third-order valence-electron chi connectivity index (χ3n) is 4.06. The molecule has 1 heterocycles. The van der Waals surface area contributed by atoms with Crippen molar-refractivity contribution in [3.63, 3.8) is 0 Å². The number of aromatic amines is 1. The van der Waals surface area contributed by atoms with E-state index in [1.807, 2.05) is 0 Å². The first-order chi connectivity index (χ1) is 11.1. The first kappa shape index (κ1) is 15.4. The Hall–Kier alpha value is -2.48. The minimum absolute atomic E-state index is 0.00688. The summed E-state index contributed by atoms with van der Waals surface area (Å²) in [5.74, 6) is -0.312. The number of rotatable bonds is 5. The van der Waals surface area contributed by atoms with E-state index in [-0.39, 0.29) is 11.7 Å². The number of aromatic nitrogens is 3. The molecule has 0 bridgehead atoms. The number of nitrogens with one attached hydrogen (secondary N) is 2. The van der Waals surface area contributed by atoms with Crippen LogP contribution < -0.4 is 10.1 Å². The maximum atomic E-state index is 13.7. The highest BCUT2D eigenvalue weighted by atomic mass is 19.1. The van der Waals surface area contributed by atoms with Gasteiger partial charge in [-0.15, -0.1) is 0 Å². The molecule has 1 atom stereocenters. The molecule has 1 saturated carbocycles. The maximum Gasteiger partial charge on any atom is 0.289 e. The number of hydrogen-bond acceptors (Lipinski definition) is 5. The number of amides is 1. The topological polar surface area (TPSA) is 100 Å². The number of methoxy groups -OCH3 is 1. The smallest absolute Gasteiger partial charge is 0.289 e. The quantitative estimate of drug-likeness (QED) is 0.768. The van der Waals surface area contributed by atoms with Gasteiger partial charge in [-0.05, 0) is 37.0 Å². The molecular formula is C15H17FN4O3. The van der Waals surface area contributed by atoms with Gasteiger partial charge in [-0.2, -0.15) is 5.10 Å². The van der Waals surface area contributed by atoms with Crippen molar-refractivity contribution in [3.8, 4) is 5.75 Å². The minimum Gasteiger partial charge on any atom is -0.496 e. The zero-order valence-electron chi connectivity index (χ0n) is 12.5. The zero-order chi connectivity index (χ0) is 16.4. The Morgan fingerprint density at radius 2 is 2.30 bits per heavy atom. The molecule has 7 nitrogen and oxygen atoms in total. The normalized spacial score (nSPS) is 21.3. The van der Waals surface area contributed by atoms with E-state index in [2.05, 4.69) is 20.5 Å². The van der Waals surface area contributed by atoms with E-state index in [4.69, 9.17) is 4.74 Å². The van der Waals surface area contributed by atoms with Gasteiger partial charge in [0.2, 0.25) is 5.82 Å². The van der Waals surface area contributed by atoms with Gasteiger partial charge < -0.3 is 15.2 Å². The monoisotopic (exact) mass is 320 g/mol. The minimum atomic E-state index is -0.485. The van der Waals surface area contributed by atoms with Gasteiger partial charge in [-0.25, -0.2) is 9.37 Å². The summed E-state index contributed by atoms with van der Waals surface area (Å²) in [4.78, 5) is 16.1. The Bertz CT molecular complexity index is 686. The van der Waals surface area contributed by atoms with Gasteiger partial charge in [0.25, 0.3) is 5.91 Å². The average Bonchev–Trinajstić information content (AvgIpc) is 3.04. The molecule has 3 N–H and O–H groups in total. The number of hydrogen-bond donors (Lipinski definition) is 3. The second-order valence-electron chi connectivity index (χ2n) is 5.56. The van der Waals surface area contributed by atoms with Crippen LogP contribution in [0.1, 0.15) is 35.1 Å². The molecule has 3 rings (SSSR count). The van der Waals surface area contributed by atoms with Crippen LogP contribution >= 0.6 is 0 Å². The summed E-state index contributed by atoms with van der Waals surface area (Å²) in [6, 6.07) is 3.68. The van der Waals surface area contributed by atoms with E-state index < -0.39 is 23.9 Å². The lowest BCUT2D eigenvalue weighted by Gasteiger charge is -2.38. The van der Waals surface area contributed by atoms with Gasteiger partial charge in [-0.3, -0.25) is 9.89 Å². The van der Waals surface area contributed by atoms with Crippen molar-refractivity contribution < 1.29 is 19.0 Å². The highest BCUT2D eigenvalue weighted by Gasteiger charge is 2.37. The summed E-state index contributed by atoms with van der Waals surface area (Å²) < 4.78 is 19.0. The van der Waals surface area contributed by atoms with E-state index in [1.165, 1.54) is 31.6 Å². The summed E-state index contributed by atoms with van der Waals surface area (Å²) in [6.45, 7) is 0. The molecule has 0 unspecified atom stereocenters. The average molecular weight is 320 g/mol. The summed E-state index contributed by atoms with van der Waals surface area (Å²) in [7, 11) is 1.49. The standard InChI is InChI=1S/C15H17FN4O3/c1-23-12-3-2-9(16)6-11(12)13(8-4-10(21)5-8)19-15(22)14-17-7-18-20-14/h2-3,6-8,10,13,21H,4-5H2,1H3,(H,19,22)(H,17,18,20)/t8?,10?,13-/m1/s1. The highest BCUT2D eigenvalue weighted by Crippen LogP contribution is 2.41. The number of carbonyl (C=O) groups excluding carboxylic acids is 1. The lowest BCUT2D eigenvalue weighted by Crippen LogP contribution is -2.41. The van der Waals surface area contributed by atoms with Gasteiger partial charge in [0.15, 0.2) is 0 Å². The van der Waals surface area contributed by atoms with Gasteiger partial charge in [0.05, 0.1) is 19.3 Å². The lowest BCUT2D eigenvalue weighted by molar-refractivity contribution is 0.0230. The van der Waals surface area contributed by atoms with Gasteiger partial charge >= 0.3 is 0 Å². The van der Waals surface area contributed by atoms with E-state index in [1.54, 1.807) is 0 Å². The fourth-order valence-corrected chi connectivity index (χ4v) is 2.82. The zero-order valence-corrected chi connectivity index (χ0v) is 12.5. The Morgan fingerprint density at radius 3 is 2.91 bits per heavy atom. The first-order valence-electron chi connectivity index (χ1n) is 7.26. The largest absolute Gasteiger partial charge is 0.496 e. The number of H-pyrrole nitrogens is 1. The number of carbonyl (C=O) groups is 1. The van der Waals surface area contributed by atoms with E-state index in [0.29, 0.717) is 24.2 Å². The predicted octanol–water partition coefficient (Wildman–Crippen LogP) is 1.19. The summed E-state index contributed by atoms with van der Waals surface area (Å²) in [5, 5.41) is 18.5. The third-order valence-corrected chi connectivity index (χ3v) is 4.06. The fourth-order valence-electron chi connectivity index (χ4n) is 2.82. The van der Waals surface area contributed by atoms with Crippen LogP contribution in [0.3, 0.4) is 0 Å². The summed E-state index contributed by atoms with van der Waals surface area (Å²) in [6.07, 6.45) is 1.89. The van der Waals surface area contributed by atoms with Crippen LogP contribution in [0.2, 0.25) is 0 Å². The summed E-state index contributed by atoms with van der Waals surface area (Å²) in [5.41, 5.74) is 0.539. The Kier molecular flexibility index (Phi) is 4.24. The van der Waals surface area contributed by atoms with Crippen molar-refractivity contribution in [2.24, 2.45) is 5.92 Å². The SMILES string of the molecule is COc1ccc(F)cc1[C@H](NC(=O)c1ncn[nH]1)C1CC(O)C1. The Labute approximate surface area is 131 Å². The molecule has 1 aliphatic carbocycles. The Morgan fingerprint density at radius 1 is 1.52 bits per heavy atom. The van der Waals surface area contributed by atoms with Crippen LogP contribution in [-0.2, 0) is 0 Å². The predicted molar refractivity (Wildman–Crippen MR) is 78.3 cm³/mol. The molecule has 8 heteroatoms. The number of ether oxygens (including phenoxy) is 1. The van der Waals surface area contributed by atoms with Crippen LogP contribution in [0.4, 0.5) is 4.39 Å². The van der Waals surface area contributed by atoms with Crippen molar-refractivity contribution in [3.05, 3.63) is 41.7 Å². The van der Waals surface area contributed by atoms with Crippen molar-refractivity contribution in [2.75, 3.05) is 7.11 Å². The number of nitrogens with zero attached hydrogens (tertiary/aromatic N) is 2. The lowest BCUT2D eigenvalue weighted by atomic mass is 9.75. The third kappa shape index (κ3) is 3.16. The second kappa shape index (κ2) is 6.33. The molecule has 1 aromatic heterocycles. The molecule has 0 aliphatic heterocycles. The summed E-state index contributed by atoms with van der Waals surface area (Å²) >= 11 is 0. The molecule has 122 valence electrons. The van der Waals surface area contributed by atoms with Crippen molar-refractivity contribution in [1.82, 2.24) is 20.5 Å². The molecule has 23 heavy (non-hydrogen) atoms. The molecule has 0 radical (unpaired) electrons. The van der Waals surface area contributed by atoms with Gasteiger partial charge in [-0.1, -0.05) is 0 Å². The maximum absolute atomic E-state index is 13.7. The van der Waals surface area contributed by atoms with Crippen LogP contribution in [-0.4, -0.2) is 39.4 Å².